The molecule has 1 aromatic carbocycles. The number of hydrogen-bond donors (Lipinski definition) is 1. The predicted molar refractivity (Wildman–Crippen MR) is 137 cm³/mol. The molecule has 0 atom stereocenters. The van der Waals surface area contributed by atoms with Crippen molar-refractivity contribution >= 4 is 44.5 Å². The van der Waals surface area contributed by atoms with Gasteiger partial charge in [-0.25, -0.2) is 9.67 Å². The number of aromatic nitrogens is 4. The minimum absolute atomic E-state index is 0.168. The van der Waals surface area contributed by atoms with Gasteiger partial charge in [-0.05, 0) is 60.9 Å². The van der Waals surface area contributed by atoms with Crippen LogP contribution >= 0.6 is 22.7 Å². The average Bonchev–Trinajstić information content (AvgIpc) is 3.61. The normalized spacial score (nSPS) is 13.7. The van der Waals surface area contributed by atoms with E-state index < -0.39 is 0 Å². The zero-order valence-corrected chi connectivity index (χ0v) is 19.7. The van der Waals surface area contributed by atoms with Gasteiger partial charge in [0.05, 0.1) is 21.5 Å². The number of aromatic amines is 1. The second-order valence-electron chi connectivity index (χ2n) is 8.17. The van der Waals surface area contributed by atoms with Crippen LogP contribution in [0.25, 0.3) is 38.1 Å². The van der Waals surface area contributed by atoms with E-state index in [2.05, 4.69) is 11.1 Å². The number of H-pyrrole nitrogens is 1. The highest BCUT2D eigenvalue weighted by molar-refractivity contribution is 7.18. The Labute approximate surface area is 203 Å². The molecule has 1 aliphatic carbocycles. The molecule has 1 N–H and O–H groups in total. The summed E-state index contributed by atoms with van der Waals surface area (Å²) in [4.78, 5) is 23.6. The number of hydrogen-bond acceptors (Lipinski definition) is 6. The fourth-order valence-electron chi connectivity index (χ4n) is 4.41. The zero-order chi connectivity index (χ0) is 23.1. The molecule has 0 spiro atoms. The van der Waals surface area contributed by atoms with Crippen LogP contribution in [-0.4, -0.2) is 19.7 Å². The molecule has 34 heavy (non-hydrogen) atoms. The molecule has 166 valence electrons. The Hall–Kier alpha value is -3.80. The van der Waals surface area contributed by atoms with Gasteiger partial charge in [-0.2, -0.15) is 10.4 Å². The van der Waals surface area contributed by atoms with E-state index in [1.54, 1.807) is 28.7 Å². The van der Waals surface area contributed by atoms with E-state index in [0.717, 1.165) is 53.1 Å². The first-order valence-corrected chi connectivity index (χ1v) is 12.8. The summed E-state index contributed by atoms with van der Waals surface area (Å²) in [6.45, 7) is 0. The molecule has 0 unspecified atom stereocenters. The molecule has 0 fully saturated rings. The van der Waals surface area contributed by atoms with Gasteiger partial charge in [0.15, 0.2) is 5.82 Å². The van der Waals surface area contributed by atoms with Crippen LogP contribution in [0.1, 0.15) is 34.7 Å². The molecule has 1 aliphatic rings. The predicted octanol–water partition coefficient (Wildman–Crippen LogP) is 5.84. The summed E-state index contributed by atoms with van der Waals surface area (Å²) in [6.07, 6.45) is 7.82. The monoisotopic (exact) mass is 481 g/mol. The van der Waals surface area contributed by atoms with Crippen LogP contribution in [0, 0.1) is 11.3 Å². The summed E-state index contributed by atoms with van der Waals surface area (Å²) in [5.74, 6) is 0.295. The maximum atomic E-state index is 13.0. The fraction of sp³-hybridized carbons (Fsp3) is 0.154. The molecule has 8 heteroatoms. The molecular weight excluding hydrogens is 462 g/mol. The molecule has 0 amide bonds. The molecule has 0 saturated carbocycles. The number of allylic oxidation sites excluding steroid dienone is 1. The molecule has 0 aliphatic heterocycles. The average molecular weight is 482 g/mol. The smallest absolute Gasteiger partial charge is 0.260 e. The van der Waals surface area contributed by atoms with Crippen LogP contribution in [0.2, 0.25) is 0 Å². The lowest BCUT2D eigenvalue weighted by atomic mass is 9.97. The molecule has 0 saturated heterocycles. The topological polar surface area (TPSA) is 87.4 Å². The Morgan fingerprint density at radius 2 is 2.00 bits per heavy atom. The number of nitrogens with one attached hydrogen (secondary N) is 1. The van der Waals surface area contributed by atoms with E-state index in [4.69, 9.17) is 10.1 Å². The van der Waals surface area contributed by atoms with E-state index >= 15 is 0 Å². The maximum absolute atomic E-state index is 13.0. The van der Waals surface area contributed by atoms with Crippen molar-refractivity contribution in [3.63, 3.8) is 0 Å². The third-order valence-electron chi connectivity index (χ3n) is 6.02. The molecular formula is C26H19N5OS2. The highest BCUT2D eigenvalue weighted by Crippen LogP contribution is 2.34. The molecule has 6 nitrogen and oxygen atoms in total. The highest BCUT2D eigenvalue weighted by Gasteiger charge is 2.21. The third kappa shape index (κ3) is 3.59. The lowest BCUT2D eigenvalue weighted by Gasteiger charge is -2.09. The van der Waals surface area contributed by atoms with Crippen LogP contribution < -0.4 is 5.56 Å². The van der Waals surface area contributed by atoms with Crippen molar-refractivity contribution in [3.05, 3.63) is 86.2 Å². The van der Waals surface area contributed by atoms with E-state index in [1.807, 2.05) is 58.7 Å². The molecule has 4 heterocycles. The SMILES string of the molecule is N#CC(=Cc1cn(-c2ccccc2)nc1-c1cccs1)c1nc2sc3c(c2c(=O)[nH]1)CCCC3. The van der Waals surface area contributed by atoms with Gasteiger partial charge in [-0.1, -0.05) is 24.3 Å². The van der Waals surface area contributed by atoms with Crippen molar-refractivity contribution in [1.82, 2.24) is 19.7 Å². The Balaban J connectivity index is 1.49. The number of rotatable bonds is 4. The summed E-state index contributed by atoms with van der Waals surface area (Å²) < 4.78 is 1.81. The summed E-state index contributed by atoms with van der Waals surface area (Å²) in [5.41, 5.74) is 3.77. The van der Waals surface area contributed by atoms with Crippen LogP contribution in [-0.2, 0) is 12.8 Å². The van der Waals surface area contributed by atoms with Gasteiger partial charge in [-0.3, -0.25) is 4.79 Å². The lowest BCUT2D eigenvalue weighted by Crippen LogP contribution is -2.12. The molecule has 4 aromatic heterocycles. The van der Waals surface area contributed by atoms with Crippen molar-refractivity contribution in [1.29, 1.82) is 5.26 Å². The van der Waals surface area contributed by atoms with Crippen LogP contribution in [0.3, 0.4) is 0 Å². The third-order valence-corrected chi connectivity index (χ3v) is 8.08. The van der Waals surface area contributed by atoms with Crippen molar-refractivity contribution in [2.75, 3.05) is 0 Å². The van der Waals surface area contributed by atoms with Gasteiger partial charge in [0.25, 0.3) is 5.56 Å². The van der Waals surface area contributed by atoms with Gasteiger partial charge in [-0.15, -0.1) is 22.7 Å². The van der Waals surface area contributed by atoms with Crippen molar-refractivity contribution in [3.8, 4) is 22.3 Å². The molecule has 0 bridgehead atoms. The Kier molecular flexibility index (Phi) is 5.21. The Morgan fingerprint density at radius 1 is 1.15 bits per heavy atom. The van der Waals surface area contributed by atoms with E-state index in [-0.39, 0.29) is 5.56 Å². The number of benzene rings is 1. The first-order chi connectivity index (χ1) is 16.7. The summed E-state index contributed by atoms with van der Waals surface area (Å²) in [7, 11) is 0. The van der Waals surface area contributed by atoms with Gasteiger partial charge in [0.2, 0.25) is 0 Å². The van der Waals surface area contributed by atoms with Gasteiger partial charge in [0.1, 0.15) is 16.6 Å². The summed E-state index contributed by atoms with van der Waals surface area (Å²) in [6, 6.07) is 16.1. The molecule has 5 aromatic rings. The second-order valence-corrected chi connectivity index (χ2v) is 10.2. The Bertz CT molecular complexity index is 1630. The second kappa shape index (κ2) is 8.52. The highest BCUT2D eigenvalue weighted by atomic mass is 32.1. The van der Waals surface area contributed by atoms with Crippen molar-refractivity contribution in [2.45, 2.75) is 25.7 Å². The van der Waals surface area contributed by atoms with Gasteiger partial charge < -0.3 is 4.98 Å². The first kappa shape index (κ1) is 20.8. The first-order valence-electron chi connectivity index (χ1n) is 11.1. The largest absolute Gasteiger partial charge is 0.305 e. The number of para-hydroxylation sites is 1. The fourth-order valence-corrected chi connectivity index (χ4v) is 6.40. The zero-order valence-electron chi connectivity index (χ0n) is 18.1. The summed E-state index contributed by atoms with van der Waals surface area (Å²) >= 11 is 3.17. The number of thiophene rings is 2. The Morgan fingerprint density at radius 3 is 2.79 bits per heavy atom. The van der Waals surface area contributed by atoms with E-state index in [1.165, 1.54) is 4.88 Å². The number of aryl methyl sites for hydroxylation is 2. The van der Waals surface area contributed by atoms with E-state index in [9.17, 15) is 10.1 Å². The lowest BCUT2D eigenvalue weighted by molar-refractivity contribution is 0.700. The minimum Gasteiger partial charge on any atom is -0.305 e. The van der Waals surface area contributed by atoms with E-state index in [0.29, 0.717) is 21.6 Å². The number of fused-ring (bicyclic) bond motifs is 3. The quantitative estimate of drug-likeness (QED) is 0.327. The summed E-state index contributed by atoms with van der Waals surface area (Å²) in [5, 5.41) is 17.5. The van der Waals surface area contributed by atoms with Crippen molar-refractivity contribution in [2.24, 2.45) is 0 Å². The number of nitrogens with zero attached hydrogens (tertiary/aromatic N) is 4. The van der Waals surface area contributed by atoms with Gasteiger partial charge >= 0.3 is 0 Å². The minimum atomic E-state index is -0.168. The maximum Gasteiger partial charge on any atom is 0.260 e. The van der Waals surface area contributed by atoms with Crippen molar-refractivity contribution < 1.29 is 0 Å². The molecule has 0 radical (unpaired) electrons. The standard InChI is InChI=1S/C26H19N5OS2/c27-14-16(24-28-25(32)22-19-9-4-5-10-20(19)34-26(22)29-24)13-17-15-31(18-7-2-1-3-8-18)30-23(17)21-11-6-12-33-21/h1-3,6-8,11-13,15H,4-5,9-10H2,(H,28,29,32). The van der Waals surface area contributed by atoms with Crippen LogP contribution in [0.15, 0.2) is 58.8 Å². The molecule has 6 rings (SSSR count). The van der Waals surface area contributed by atoms with Gasteiger partial charge in [0, 0.05) is 16.6 Å². The van der Waals surface area contributed by atoms with Crippen LogP contribution in [0.4, 0.5) is 0 Å². The van der Waals surface area contributed by atoms with Crippen LogP contribution in [0.5, 0.6) is 0 Å². The number of nitriles is 1.